The SMILES string of the molecule is CCC(CC)NS(=O)(=O)c1ccc(N2CCCC3(CC3)C2)nc1. The Kier molecular flexibility index (Phi) is 4.65. The third-order valence-electron chi connectivity index (χ3n) is 5.28. The molecule has 0 atom stereocenters. The lowest BCUT2D eigenvalue weighted by atomic mass is 9.95. The Morgan fingerprint density at radius 3 is 2.57 bits per heavy atom. The van der Waals surface area contributed by atoms with Crippen LogP contribution >= 0.6 is 0 Å². The number of nitrogens with zero attached hydrogens (tertiary/aromatic N) is 2. The molecule has 1 spiro atoms. The molecule has 0 amide bonds. The van der Waals surface area contributed by atoms with E-state index in [9.17, 15) is 8.42 Å². The molecule has 23 heavy (non-hydrogen) atoms. The van der Waals surface area contributed by atoms with E-state index in [1.54, 1.807) is 6.07 Å². The summed E-state index contributed by atoms with van der Waals surface area (Å²) in [5.74, 6) is 0.900. The number of pyridine rings is 1. The molecule has 1 aliphatic heterocycles. The highest BCUT2D eigenvalue weighted by Crippen LogP contribution is 2.52. The third kappa shape index (κ3) is 3.69. The van der Waals surface area contributed by atoms with Crippen LogP contribution in [0.25, 0.3) is 0 Å². The summed E-state index contributed by atoms with van der Waals surface area (Å²) in [6.07, 6.45) is 8.26. The number of hydrogen-bond acceptors (Lipinski definition) is 4. The summed E-state index contributed by atoms with van der Waals surface area (Å²) < 4.78 is 27.5. The maximum Gasteiger partial charge on any atom is 0.242 e. The van der Waals surface area contributed by atoms with Gasteiger partial charge in [0.2, 0.25) is 10.0 Å². The number of rotatable bonds is 6. The van der Waals surface area contributed by atoms with Crippen LogP contribution in [-0.2, 0) is 10.0 Å². The van der Waals surface area contributed by atoms with E-state index >= 15 is 0 Å². The number of hydrogen-bond donors (Lipinski definition) is 1. The van der Waals surface area contributed by atoms with Crippen molar-refractivity contribution >= 4 is 15.8 Å². The second kappa shape index (κ2) is 6.40. The minimum absolute atomic E-state index is 0.0171. The molecule has 1 saturated carbocycles. The van der Waals surface area contributed by atoms with Crippen LogP contribution in [0.3, 0.4) is 0 Å². The van der Waals surface area contributed by atoms with Gasteiger partial charge < -0.3 is 4.90 Å². The smallest absolute Gasteiger partial charge is 0.242 e. The lowest BCUT2D eigenvalue weighted by Gasteiger charge is -2.33. The van der Waals surface area contributed by atoms with Gasteiger partial charge in [0.05, 0.1) is 0 Å². The monoisotopic (exact) mass is 337 g/mol. The lowest BCUT2D eigenvalue weighted by Crippen LogP contribution is -2.37. The number of nitrogens with one attached hydrogen (secondary N) is 1. The van der Waals surface area contributed by atoms with E-state index in [1.807, 2.05) is 19.9 Å². The lowest BCUT2D eigenvalue weighted by molar-refractivity contribution is 0.393. The van der Waals surface area contributed by atoms with Gasteiger partial charge in [-0.05, 0) is 56.1 Å². The molecule has 6 heteroatoms. The second-order valence-electron chi connectivity index (χ2n) is 7.01. The molecular formula is C17H27N3O2S. The van der Waals surface area contributed by atoms with Crippen molar-refractivity contribution in [2.75, 3.05) is 18.0 Å². The van der Waals surface area contributed by atoms with Crippen molar-refractivity contribution in [3.05, 3.63) is 18.3 Å². The van der Waals surface area contributed by atoms with Crippen LogP contribution in [0.2, 0.25) is 0 Å². The van der Waals surface area contributed by atoms with Crippen LogP contribution in [0.4, 0.5) is 5.82 Å². The summed E-state index contributed by atoms with van der Waals surface area (Å²) in [5.41, 5.74) is 0.529. The first-order chi connectivity index (χ1) is 11.0. The summed E-state index contributed by atoms with van der Waals surface area (Å²) in [4.78, 5) is 6.99. The maximum absolute atomic E-state index is 12.4. The highest BCUT2D eigenvalue weighted by Gasteiger charge is 2.45. The number of piperidine rings is 1. The van der Waals surface area contributed by atoms with Gasteiger partial charge in [0.25, 0.3) is 0 Å². The van der Waals surface area contributed by atoms with Gasteiger partial charge in [-0.2, -0.15) is 0 Å². The molecule has 1 N–H and O–H groups in total. The minimum atomic E-state index is -3.47. The van der Waals surface area contributed by atoms with Crippen molar-refractivity contribution in [2.45, 2.75) is 63.3 Å². The molecule has 3 rings (SSSR count). The highest BCUT2D eigenvalue weighted by atomic mass is 32.2. The minimum Gasteiger partial charge on any atom is -0.356 e. The van der Waals surface area contributed by atoms with Gasteiger partial charge in [-0.25, -0.2) is 18.1 Å². The maximum atomic E-state index is 12.4. The molecule has 0 aromatic carbocycles. The van der Waals surface area contributed by atoms with Crippen LogP contribution in [-0.4, -0.2) is 32.5 Å². The van der Waals surface area contributed by atoms with Crippen molar-refractivity contribution in [1.82, 2.24) is 9.71 Å². The molecule has 2 aliphatic rings. The van der Waals surface area contributed by atoms with Crippen LogP contribution in [0, 0.1) is 5.41 Å². The summed E-state index contributed by atoms with van der Waals surface area (Å²) in [5, 5.41) is 0. The molecule has 1 saturated heterocycles. The van der Waals surface area contributed by atoms with Gasteiger partial charge in [-0.3, -0.25) is 0 Å². The Morgan fingerprint density at radius 1 is 1.26 bits per heavy atom. The van der Waals surface area contributed by atoms with E-state index in [1.165, 1.54) is 31.9 Å². The summed E-state index contributed by atoms with van der Waals surface area (Å²) in [6, 6.07) is 3.51. The Labute approximate surface area is 139 Å². The van der Waals surface area contributed by atoms with E-state index in [-0.39, 0.29) is 10.9 Å². The summed E-state index contributed by atoms with van der Waals surface area (Å²) in [7, 11) is -3.47. The normalized spacial score (nSPS) is 20.2. The zero-order valence-corrected chi connectivity index (χ0v) is 14.9. The number of anilines is 1. The predicted molar refractivity (Wildman–Crippen MR) is 92.0 cm³/mol. The van der Waals surface area contributed by atoms with E-state index < -0.39 is 10.0 Å². The zero-order valence-electron chi connectivity index (χ0n) is 14.1. The van der Waals surface area contributed by atoms with Gasteiger partial charge in [0.1, 0.15) is 10.7 Å². The molecular weight excluding hydrogens is 310 g/mol. The molecule has 2 heterocycles. The predicted octanol–water partition coefficient (Wildman–Crippen LogP) is 2.93. The molecule has 1 aromatic heterocycles. The van der Waals surface area contributed by atoms with Crippen LogP contribution in [0.5, 0.6) is 0 Å². The van der Waals surface area contributed by atoms with E-state index in [0.29, 0.717) is 5.41 Å². The zero-order chi connectivity index (χ0) is 16.5. The molecule has 5 nitrogen and oxygen atoms in total. The Hall–Kier alpha value is -1.14. The molecule has 0 radical (unpaired) electrons. The quantitative estimate of drug-likeness (QED) is 0.867. The van der Waals surface area contributed by atoms with Crippen molar-refractivity contribution in [2.24, 2.45) is 5.41 Å². The van der Waals surface area contributed by atoms with Crippen molar-refractivity contribution < 1.29 is 8.42 Å². The largest absolute Gasteiger partial charge is 0.356 e. The molecule has 0 unspecified atom stereocenters. The Morgan fingerprint density at radius 2 is 2.00 bits per heavy atom. The Balaban J connectivity index is 1.71. The van der Waals surface area contributed by atoms with Gasteiger partial charge in [-0.1, -0.05) is 13.8 Å². The van der Waals surface area contributed by atoms with Gasteiger partial charge in [0, 0.05) is 25.3 Å². The van der Waals surface area contributed by atoms with Crippen LogP contribution in [0.1, 0.15) is 52.4 Å². The second-order valence-corrected chi connectivity index (χ2v) is 8.73. The van der Waals surface area contributed by atoms with E-state index in [2.05, 4.69) is 14.6 Å². The molecule has 2 fully saturated rings. The standard InChI is InChI=1S/C17H27N3O2S/c1-3-14(4-2)19-23(21,22)15-6-7-16(18-12-15)20-11-5-8-17(13-20)9-10-17/h6-7,12,14,19H,3-5,8-11,13H2,1-2H3. The third-order valence-corrected chi connectivity index (χ3v) is 6.79. The number of aromatic nitrogens is 1. The van der Waals surface area contributed by atoms with E-state index in [0.717, 1.165) is 31.7 Å². The molecule has 1 aliphatic carbocycles. The average Bonchev–Trinajstić information content (AvgIpc) is 3.31. The molecule has 0 bridgehead atoms. The fraction of sp³-hybridized carbons (Fsp3) is 0.706. The molecule has 128 valence electrons. The summed E-state index contributed by atoms with van der Waals surface area (Å²) >= 11 is 0. The van der Waals surface area contributed by atoms with Gasteiger partial charge in [0.15, 0.2) is 0 Å². The van der Waals surface area contributed by atoms with Gasteiger partial charge in [-0.15, -0.1) is 0 Å². The van der Waals surface area contributed by atoms with Crippen molar-refractivity contribution in [3.8, 4) is 0 Å². The van der Waals surface area contributed by atoms with Crippen molar-refractivity contribution in [3.63, 3.8) is 0 Å². The molecule has 1 aromatic rings. The number of sulfonamides is 1. The van der Waals surface area contributed by atoms with Crippen LogP contribution in [0.15, 0.2) is 23.2 Å². The average molecular weight is 337 g/mol. The highest BCUT2D eigenvalue weighted by molar-refractivity contribution is 7.89. The first-order valence-electron chi connectivity index (χ1n) is 8.71. The van der Waals surface area contributed by atoms with E-state index in [4.69, 9.17) is 0 Å². The fourth-order valence-corrected chi connectivity index (χ4v) is 4.80. The first-order valence-corrected chi connectivity index (χ1v) is 10.2. The fourth-order valence-electron chi connectivity index (χ4n) is 3.45. The Bertz CT molecular complexity index is 634. The topological polar surface area (TPSA) is 62.3 Å². The summed E-state index contributed by atoms with van der Waals surface area (Å²) in [6.45, 7) is 6.06. The van der Waals surface area contributed by atoms with Crippen LogP contribution < -0.4 is 9.62 Å². The van der Waals surface area contributed by atoms with Crippen molar-refractivity contribution in [1.29, 1.82) is 0 Å². The van der Waals surface area contributed by atoms with Gasteiger partial charge >= 0.3 is 0 Å². The first kappa shape index (κ1) is 16.7.